The highest BCUT2D eigenvalue weighted by atomic mass is 16.2. The van der Waals surface area contributed by atoms with Crippen LogP contribution in [0.3, 0.4) is 0 Å². The third-order valence-corrected chi connectivity index (χ3v) is 11.7. The van der Waals surface area contributed by atoms with Gasteiger partial charge in [0.2, 0.25) is 5.91 Å². The van der Waals surface area contributed by atoms with Crippen LogP contribution in [0.2, 0.25) is 0 Å². The summed E-state index contributed by atoms with van der Waals surface area (Å²) in [5.74, 6) is 2.06. The first-order chi connectivity index (χ1) is 22.7. The summed E-state index contributed by atoms with van der Waals surface area (Å²) in [6.07, 6.45) is 13.5. The molecule has 0 radical (unpaired) electrons. The minimum atomic E-state index is -0.205. The number of carbonyl (C=O) groups is 2. The number of carbonyl (C=O) groups excluding carboxylic acids is 2. The highest BCUT2D eigenvalue weighted by Crippen LogP contribution is 2.39. The normalized spacial score (nSPS) is 22.8. The first-order valence-electron chi connectivity index (χ1n) is 19.0. The van der Waals surface area contributed by atoms with Crippen molar-refractivity contribution in [1.82, 2.24) is 26.2 Å². The third kappa shape index (κ3) is 11.1. The zero-order valence-electron chi connectivity index (χ0n) is 31.4. The van der Waals surface area contributed by atoms with Crippen LogP contribution in [0, 0.1) is 29.1 Å². The van der Waals surface area contributed by atoms with Crippen molar-refractivity contribution in [3.05, 3.63) is 49.0 Å². The quantitative estimate of drug-likeness (QED) is 0.0973. The summed E-state index contributed by atoms with van der Waals surface area (Å²) in [7, 11) is 0. The van der Waals surface area contributed by atoms with E-state index in [0.717, 1.165) is 68.5 Å². The topological polar surface area (TPSA) is 112 Å². The van der Waals surface area contributed by atoms with E-state index in [-0.39, 0.29) is 41.5 Å². The molecule has 1 saturated heterocycles. The van der Waals surface area contributed by atoms with Crippen LogP contribution in [0.1, 0.15) is 125 Å². The number of nitrogens with zero attached hydrogens (tertiary/aromatic N) is 1. The van der Waals surface area contributed by atoms with Gasteiger partial charge in [0.1, 0.15) is 0 Å². The lowest BCUT2D eigenvalue weighted by atomic mass is 9.79. The molecule has 8 nitrogen and oxygen atoms in total. The summed E-state index contributed by atoms with van der Waals surface area (Å²) in [5.41, 5.74) is 9.30. The van der Waals surface area contributed by atoms with E-state index in [0.29, 0.717) is 48.8 Å². The lowest BCUT2D eigenvalue weighted by molar-refractivity contribution is -0.121. The molecule has 5 unspecified atom stereocenters. The Kier molecular flexibility index (Phi) is 15.0. The molecule has 6 N–H and O–H groups in total. The average Bonchev–Trinajstić information content (AvgIpc) is 3.47. The minimum Gasteiger partial charge on any atom is -0.399 e. The molecule has 3 amide bonds. The lowest BCUT2D eigenvalue weighted by Gasteiger charge is -2.40. The van der Waals surface area contributed by atoms with Crippen LogP contribution in [-0.4, -0.2) is 54.1 Å². The fourth-order valence-corrected chi connectivity index (χ4v) is 7.90. The average molecular weight is 667 g/mol. The van der Waals surface area contributed by atoms with Crippen LogP contribution >= 0.6 is 0 Å². The second kappa shape index (κ2) is 18.2. The first-order valence-corrected chi connectivity index (χ1v) is 19.0. The summed E-state index contributed by atoms with van der Waals surface area (Å²) in [6, 6.07) is -0.479. The van der Waals surface area contributed by atoms with Crippen molar-refractivity contribution < 1.29 is 9.59 Å². The zero-order chi connectivity index (χ0) is 35.6. The molecule has 2 saturated carbocycles. The van der Waals surface area contributed by atoms with Gasteiger partial charge in [-0.15, -0.1) is 0 Å². The molecule has 0 spiro atoms. The summed E-state index contributed by atoms with van der Waals surface area (Å²) in [6.45, 7) is 32.1. The Morgan fingerprint density at radius 2 is 1.58 bits per heavy atom. The van der Waals surface area contributed by atoms with Crippen LogP contribution in [0.5, 0.6) is 0 Å². The van der Waals surface area contributed by atoms with Crippen molar-refractivity contribution in [3.8, 4) is 0 Å². The summed E-state index contributed by atoms with van der Waals surface area (Å²) in [5, 5.41) is 13.4. The molecule has 0 bridgehead atoms. The molecule has 48 heavy (non-hydrogen) atoms. The maximum absolute atomic E-state index is 13.9. The fraction of sp³-hybridized carbons (Fsp3) is 0.750. The molecule has 3 fully saturated rings. The predicted molar refractivity (Wildman–Crippen MR) is 201 cm³/mol. The SMILES string of the molecule is C=C(N)C(=C)C(CC1CCC1)NC(=C)C1C[C@@H](C(C)CC)CN1C(=C)C(NC(=O)NC(CCC(=O)NCC)C(C)(C)C)C1CCCCC1. The smallest absolute Gasteiger partial charge is 0.315 e. The van der Waals surface area contributed by atoms with E-state index in [1.54, 1.807) is 0 Å². The number of rotatable bonds is 18. The molecule has 2 aliphatic carbocycles. The van der Waals surface area contributed by atoms with Gasteiger partial charge in [0.05, 0.1) is 18.1 Å². The number of urea groups is 1. The van der Waals surface area contributed by atoms with E-state index in [1.165, 1.54) is 25.7 Å². The lowest BCUT2D eigenvalue weighted by Crippen LogP contribution is -2.55. The van der Waals surface area contributed by atoms with Gasteiger partial charge in [0.25, 0.3) is 0 Å². The van der Waals surface area contributed by atoms with E-state index in [9.17, 15) is 9.59 Å². The van der Waals surface area contributed by atoms with Crippen LogP contribution in [0.15, 0.2) is 49.0 Å². The molecule has 0 aromatic heterocycles. The van der Waals surface area contributed by atoms with Gasteiger partial charge in [0, 0.05) is 42.6 Å². The van der Waals surface area contributed by atoms with Crippen LogP contribution < -0.4 is 27.0 Å². The van der Waals surface area contributed by atoms with E-state index in [4.69, 9.17) is 12.3 Å². The standard InChI is InChI=1S/C40H70N6O2/c1-11-26(3)33-24-35(29(6)43-34(27(4)28(5)41)23-31-17-16-18-31)46(25-33)30(7)38(32-19-14-13-15-20-32)45-39(48)44-36(40(8,9)10)21-22-37(47)42-12-2/h26,31-36,38,43H,4-7,11-25,41H2,1-3,8-10H3,(H,42,47)(H2,44,45,48)/t26?,33-,34?,35?,36?,38?/m1/s1. The molecule has 272 valence electrons. The largest absolute Gasteiger partial charge is 0.399 e. The Morgan fingerprint density at radius 3 is 2.12 bits per heavy atom. The van der Waals surface area contributed by atoms with Crippen molar-refractivity contribution >= 4 is 11.9 Å². The second-order valence-electron chi connectivity index (χ2n) is 16.3. The molecule has 3 rings (SSSR count). The molecular formula is C40H70N6O2. The summed E-state index contributed by atoms with van der Waals surface area (Å²) in [4.78, 5) is 28.6. The van der Waals surface area contributed by atoms with E-state index in [1.807, 2.05) is 6.92 Å². The molecule has 1 aliphatic heterocycles. The first kappa shape index (κ1) is 39.5. The maximum atomic E-state index is 13.9. The predicted octanol–water partition coefficient (Wildman–Crippen LogP) is 7.51. The Morgan fingerprint density at radius 1 is 0.917 bits per heavy atom. The number of hydrogen-bond donors (Lipinski definition) is 5. The molecule has 8 heteroatoms. The highest BCUT2D eigenvalue weighted by Gasteiger charge is 2.41. The fourth-order valence-electron chi connectivity index (χ4n) is 7.90. The minimum absolute atomic E-state index is 0.00449. The van der Waals surface area contributed by atoms with E-state index < -0.39 is 0 Å². The van der Waals surface area contributed by atoms with Crippen molar-refractivity contribution in [2.24, 2.45) is 34.8 Å². The number of nitrogens with two attached hydrogens (primary N) is 1. The van der Waals surface area contributed by atoms with Gasteiger partial charge < -0.3 is 31.9 Å². The molecule has 0 aromatic carbocycles. The van der Waals surface area contributed by atoms with Gasteiger partial charge in [-0.05, 0) is 73.7 Å². The van der Waals surface area contributed by atoms with Crippen LogP contribution in [0.4, 0.5) is 4.79 Å². The van der Waals surface area contributed by atoms with Gasteiger partial charge >= 0.3 is 6.03 Å². The monoisotopic (exact) mass is 667 g/mol. The van der Waals surface area contributed by atoms with Gasteiger partial charge in [0.15, 0.2) is 0 Å². The van der Waals surface area contributed by atoms with Crippen LogP contribution in [-0.2, 0) is 4.79 Å². The Balaban J connectivity index is 1.85. The summed E-state index contributed by atoms with van der Waals surface area (Å²) < 4.78 is 0. The number of nitrogens with one attached hydrogen (secondary N) is 4. The van der Waals surface area contributed by atoms with Gasteiger partial charge in [-0.3, -0.25) is 4.79 Å². The Labute approximate surface area is 293 Å². The van der Waals surface area contributed by atoms with Crippen molar-refractivity contribution in [1.29, 1.82) is 0 Å². The third-order valence-electron chi connectivity index (χ3n) is 11.7. The number of amides is 3. The highest BCUT2D eigenvalue weighted by molar-refractivity contribution is 5.77. The molecule has 1 heterocycles. The second-order valence-corrected chi connectivity index (χ2v) is 16.3. The van der Waals surface area contributed by atoms with Crippen molar-refractivity contribution in [2.45, 2.75) is 149 Å². The van der Waals surface area contributed by atoms with E-state index >= 15 is 0 Å². The van der Waals surface area contributed by atoms with Crippen LogP contribution in [0.25, 0.3) is 0 Å². The zero-order valence-corrected chi connectivity index (χ0v) is 31.4. The summed E-state index contributed by atoms with van der Waals surface area (Å²) >= 11 is 0. The molecule has 0 aromatic rings. The molecule has 6 atom stereocenters. The van der Waals surface area contributed by atoms with Gasteiger partial charge in [-0.1, -0.05) is 106 Å². The van der Waals surface area contributed by atoms with E-state index in [2.05, 4.69) is 80.5 Å². The van der Waals surface area contributed by atoms with Gasteiger partial charge in [-0.25, -0.2) is 4.79 Å². The van der Waals surface area contributed by atoms with Crippen molar-refractivity contribution in [3.63, 3.8) is 0 Å². The van der Waals surface area contributed by atoms with Gasteiger partial charge in [-0.2, -0.15) is 0 Å². The number of hydrogen-bond acceptors (Lipinski definition) is 5. The Hall–Kier alpha value is -2.90. The number of likely N-dealkylation sites (tertiary alicyclic amines) is 1. The van der Waals surface area contributed by atoms with Crippen molar-refractivity contribution in [2.75, 3.05) is 13.1 Å². The Bertz CT molecular complexity index is 1130. The molecule has 3 aliphatic rings. The maximum Gasteiger partial charge on any atom is 0.315 e. The molecular weight excluding hydrogens is 596 g/mol.